The summed E-state index contributed by atoms with van der Waals surface area (Å²) < 4.78 is 11.2. The van der Waals surface area contributed by atoms with E-state index in [1.807, 2.05) is 68.2 Å². The van der Waals surface area contributed by atoms with Gasteiger partial charge in [-0.3, -0.25) is 5.01 Å². The highest BCUT2D eigenvalue weighted by Gasteiger charge is 2.44. The zero-order chi connectivity index (χ0) is 23.3. The zero-order valence-corrected chi connectivity index (χ0v) is 20.0. The predicted molar refractivity (Wildman–Crippen MR) is 131 cm³/mol. The van der Waals surface area contributed by atoms with Gasteiger partial charge in [0.05, 0.1) is 24.9 Å². The van der Waals surface area contributed by atoms with E-state index in [9.17, 15) is 4.79 Å². The first-order valence-corrected chi connectivity index (χ1v) is 11.4. The van der Waals surface area contributed by atoms with Crippen molar-refractivity contribution >= 4 is 17.4 Å². The molecule has 32 heavy (non-hydrogen) atoms. The summed E-state index contributed by atoms with van der Waals surface area (Å²) in [5.74, 6) is 0.790. The second-order valence-corrected chi connectivity index (χ2v) is 9.37. The summed E-state index contributed by atoms with van der Waals surface area (Å²) in [6.07, 6.45) is 3.25. The molecule has 2 atom stereocenters. The van der Waals surface area contributed by atoms with Crippen molar-refractivity contribution in [2.75, 3.05) is 12.1 Å². The standard InChI is InChI=1S/C27H36N2O3/c1-7-11-23-19-24(18-20(2)21-12-9-8-10-13-21)29(26(30)32-27(3,4)5)28(23)22-14-16-25(31-6)17-15-22/h8-10,12-17,23-24H,2,7,11,18-19H2,1,3-6H3/t23-,24-/m1/s1. The lowest BCUT2D eigenvalue weighted by Gasteiger charge is -2.37. The molecular formula is C27H36N2O3. The summed E-state index contributed by atoms with van der Waals surface area (Å²) in [6.45, 7) is 12.2. The van der Waals surface area contributed by atoms with Crippen molar-refractivity contribution in [3.05, 3.63) is 66.7 Å². The van der Waals surface area contributed by atoms with E-state index in [1.165, 1.54) is 0 Å². The maximum atomic E-state index is 13.5. The number of amides is 1. The molecule has 0 saturated carbocycles. The van der Waals surface area contributed by atoms with E-state index in [2.05, 4.69) is 30.6 Å². The van der Waals surface area contributed by atoms with E-state index in [4.69, 9.17) is 9.47 Å². The van der Waals surface area contributed by atoms with Gasteiger partial charge in [0.1, 0.15) is 11.4 Å². The Morgan fingerprint density at radius 3 is 2.28 bits per heavy atom. The Kier molecular flexibility index (Phi) is 7.49. The van der Waals surface area contributed by atoms with Crippen molar-refractivity contribution in [2.45, 2.75) is 71.1 Å². The lowest BCUT2D eigenvalue weighted by atomic mass is 9.96. The highest BCUT2D eigenvalue weighted by Crippen LogP contribution is 2.38. The highest BCUT2D eigenvalue weighted by molar-refractivity contribution is 5.74. The topological polar surface area (TPSA) is 42.0 Å². The van der Waals surface area contributed by atoms with Crippen molar-refractivity contribution < 1.29 is 14.3 Å². The highest BCUT2D eigenvalue weighted by atomic mass is 16.6. The lowest BCUT2D eigenvalue weighted by Crippen LogP contribution is -2.49. The van der Waals surface area contributed by atoms with Crippen LogP contribution >= 0.6 is 0 Å². The average Bonchev–Trinajstić information content (AvgIpc) is 3.11. The van der Waals surface area contributed by atoms with Gasteiger partial charge in [-0.25, -0.2) is 9.80 Å². The van der Waals surface area contributed by atoms with Crippen LogP contribution in [0, 0.1) is 0 Å². The number of hydrogen-bond acceptors (Lipinski definition) is 4. The molecule has 0 N–H and O–H groups in total. The van der Waals surface area contributed by atoms with Gasteiger partial charge in [-0.2, -0.15) is 0 Å². The lowest BCUT2D eigenvalue weighted by molar-refractivity contribution is 0.0199. The molecule has 0 radical (unpaired) electrons. The molecule has 1 aliphatic rings. The molecule has 0 spiro atoms. The number of hydrazine groups is 1. The largest absolute Gasteiger partial charge is 0.497 e. The normalized spacial score (nSPS) is 18.5. The van der Waals surface area contributed by atoms with Gasteiger partial charge in [0.25, 0.3) is 0 Å². The van der Waals surface area contributed by atoms with Crippen molar-refractivity contribution in [1.29, 1.82) is 0 Å². The van der Waals surface area contributed by atoms with Gasteiger partial charge < -0.3 is 9.47 Å². The van der Waals surface area contributed by atoms with Gasteiger partial charge in [0.2, 0.25) is 0 Å². The van der Waals surface area contributed by atoms with Crippen molar-refractivity contribution in [3.63, 3.8) is 0 Å². The van der Waals surface area contributed by atoms with Crippen LogP contribution in [0.15, 0.2) is 61.2 Å². The Balaban J connectivity index is 1.96. The Bertz CT molecular complexity index is 903. The van der Waals surface area contributed by atoms with Crippen LogP contribution < -0.4 is 9.75 Å². The molecule has 1 saturated heterocycles. The molecule has 1 aliphatic heterocycles. The first-order chi connectivity index (χ1) is 15.2. The summed E-state index contributed by atoms with van der Waals surface area (Å²) in [4.78, 5) is 13.5. The second kappa shape index (κ2) is 10.1. The van der Waals surface area contributed by atoms with Crippen LogP contribution in [-0.2, 0) is 4.74 Å². The number of carbonyl (C=O) groups excluding carboxylic acids is 1. The van der Waals surface area contributed by atoms with Crippen LogP contribution in [0.4, 0.5) is 10.5 Å². The van der Waals surface area contributed by atoms with E-state index < -0.39 is 5.60 Å². The molecule has 3 rings (SSSR count). The number of nitrogens with zero attached hydrogens (tertiary/aromatic N) is 2. The molecular weight excluding hydrogens is 400 g/mol. The van der Waals surface area contributed by atoms with E-state index in [0.717, 1.165) is 41.8 Å². The fraction of sp³-hybridized carbons (Fsp3) is 0.444. The van der Waals surface area contributed by atoms with Gasteiger partial charge in [0.15, 0.2) is 0 Å². The molecule has 172 valence electrons. The van der Waals surface area contributed by atoms with Gasteiger partial charge in [-0.05, 0) is 75.4 Å². The Labute approximate surface area is 192 Å². The van der Waals surface area contributed by atoms with Crippen LogP contribution in [0.25, 0.3) is 5.57 Å². The molecule has 0 aromatic heterocycles. The molecule has 2 aromatic carbocycles. The number of benzene rings is 2. The molecule has 1 amide bonds. The molecule has 0 aliphatic carbocycles. The van der Waals surface area contributed by atoms with E-state index >= 15 is 0 Å². The monoisotopic (exact) mass is 436 g/mol. The number of methoxy groups -OCH3 is 1. The molecule has 5 nitrogen and oxygen atoms in total. The Morgan fingerprint density at radius 2 is 1.72 bits per heavy atom. The third kappa shape index (κ3) is 5.64. The van der Waals surface area contributed by atoms with E-state index in [1.54, 1.807) is 7.11 Å². The third-order valence-electron chi connectivity index (χ3n) is 5.67. The van der Waals surface area contributed by atoms with Gasteiger partial charge in [-0.15, -0.1) is 0 Å². The molecule has 5 heteroatoms. The minimum atomic E-state index is -0.577. The average molecular weight is 437 g/mol. The van der Waals surface area contributed by atoms with Crippen molar-refractivity contribution in [1.82, 2.24) is 5.01 Å². The smallest absolute Gasteiger partial charge is 0.429 e. The minimum Gasteiger partial charge on any atom is -0.497 e. The quantitative estimate of drug-likeness (QED) is 0.484. The van der Waals surface area contributed by atoms with Gasteiger partial charge in [0, 0.05) is 0 Å². The number of hydrogen-bond donors (Lipinski definition) is 0. The molecule has 0 bridgehead atoms. The van der Waals surface area contributed by atoms with Crippen LogP contribution in [0.1, 0.15) is 58.9 Å². The fourth-order valence-electron chi connectivity index (χ4n) is 4.30. The first-order valence-electron chi connectivity index (χ1n) is 11.4. The second-order valence-electron chi connectivity index (χ2n) is 9.37. The third-order valence-corrected chi connectivity index (χ3v) is 5.67. The summed E-state index contributed by atoms with van der Waals surface area (Å²) in [7, 11) is 1.66. The first kappa shape index (κ1) is 23.7. The summed E-state index contributed by atoms with van der Waals surface area (Å²) >= 11 is 0. The zero-order valence-electron chi connectivity index (χ0n) is 20.0. The maximum absolute atomic E-state index is 13.5. The fourth-order valence-corrected chi connectivity index (χ4v) is 4.30. The number of anilines is 1. The summed E-state index contributed by atoms with van der Waals surface area (Å²) in [5, 5.41) is 3.95. The number of carbonyl (C=O) groups is 1. The van der Waals surface area contributed by atoms with Crippen molar-refractivity contribution in [3.8, 4) is 5.75 Å². The van der Waals surface area contributed by atoms with Crippen LogP contribution in [0.2, 0.25) is 0 Å². The van der Waals surface area contributed by atoms with Crippen molar-refractivity contribution in [2.24, 2.45) is 0 Å². The number of ether oxygens (including phenoxy) is 2. The predicted octanol–water partition coefficient (Wildman–Crippen LogP) is 6.70. The molecule has 1 fully saturated rings. The van der Waals surface area contributed by atoms with Crippen LogP contribution in [-0.4, -0.2) is 35.9 Å². The number of rotatable bonds is 7. The van der Waals surface area contributed by atoms with E-state index in [-0.39, 0.29) is 18.2 Å². The Hall–Kier alpha value is -2.95. The molecule has 2 aromatic rings. The molecule has 0 unspecified atom stereocenters. The van der Waals surface area contributed by atoms with Gasteiger partial charge in [-0.1, -0.05) is 50.3 Å². The SMILES string of the molecule is C=C(C[C@@H]1C[C@@H](CCC)N(c2ccc(OC)cc2)N1C(=O)OC(C)(C)C)c1ccccc1. The maximum Gasteiger partial charge on any atom is 0.429 e. The summed E-state index contributed by atoms with van der Waals surface area (Å²) in [5.41, 5.74) is 2.51. The minimum absolute atomic E-state index is 0.0313. The van der Waals surface area contributed by atoms with Crippen LogP contribution in [0.5, 0.6) is 5.75 Å². The van der Waals surface area contributed by atoms with E-state index in [0.29, 0.717) is 6.42 Å². The van der Waals surface area contributed by atoms with Gasteiger partial charge >= 0.3 is 6.09 Å². The molecule has 1 heterocycles. The Morgan fingerprint density at radius 1 is 1.06 bits per heavy atom. The summed E-state index contributed by atoms with van der Waals surface area (Å²) in [6, 6.07) is 18.2. The van der Waals surface area contributed by atoms with Crippen LogP contribution in [0.3, 0.4) is 0 Å².